The Morgan fingerprint density at radius 3 is 2.31 bits per heavy atom. The highest BCUT2D eigenvalue weighted by atomic mass is 79.9. The molecule has 13 heavy (non-hydrogen) atoms. The summed E-state index contributed by atoms with van der Waals surface area (Å²) in [5.41, 5.74) is 3.05. The maximum Gasteiger partial charge on any atom is 0.147 e. The van der Waals surface area contributed by atoms with Gasteiger partial charge in [-0.3, -0.25) is 0 Å². The molecule has 0 unspecified atom stereocenters. The molecule has 0 amide bonds. The topological polar surface area (TPSA) is 41.5 Å². The van der Waals surface area contributed by atoms with Crippen molar-refractivity contribution in [3.63, 3.8) is 0 Å². The van der Waals surface area contributed by atoms with Gasteiger partial charge >= 0.3 is 0 Å². The Kier molecular flexibility index (Phi) is 4.18. The van der Waals surface area contributed by atoms with Crippen LogP contribution in [0.3, 0.4) is 0 Å². The van der Waals surface area contributed by atoms with Crippen molar-refractivity contribution in [2.45, 2.75) is 6.54 Å². The number of nitrogens with one attached hydrogen (secondary N) is 1. The Balaban J connectivity index is 3.05. The highest BCUT2D eigenvalue weighted by molar-refractivity contribution is 9.11. The molecule has 1 aromatic carbocycles. The molecule has 1 aromatic rings. The molecular weight excluding hydrogens is 302 g/mol. The lowest BCUT2D eigenvalue weighted by atomic mass is 10.2. The molecule has 5 heteroatoms. The van der Waals surface area contributed by atoms with Crippen molar-refractivity contribution in [1.29, 1.82) is 0 Å². The first kappa shape index (κ1) is 11.0. The lowest BCUT2D eigenvalue weighted by molar-refractivity contribution is 0.161. The number of ether oxygens (including phenoxy) is 1. The number of hydrogen-bond acceptors (Lipinski definition) is 3. The molecule has 0 atom stereocenters. The van der Waals surface area contributed by atoms with Crippen LogP contribution in [0, 0.1) is 0 Å². The van der Waals surface area contributed by atoms with Crippen LogP contribution in [0.5, 0.6) is 5.75 Å². The van der Waals surface area contributed by atoms with E-state index in [0.717, 1.165) is 20.3 Å². The Morgan fingerprint density at radius 2 is 1.92 bits per heavy atom. The SMILES string of the molecule is COc1c(Br)cc(CNO)cc1Br. The zero-order valence-corrected chi connectivity index (χ0v) is 10.1. The molecular formula is C8H9Br2NO2. The van der Waals surface area contributed by atoms with E-state index in [1.807, 2.05) is 12.1 Å². The Hall–Kier alpha value is -0.100. The maximum atomic E-state index is 8.52. The summed E-state index contributed by atoms with van der Waals surface area (Å²) in [4.78, 5) is 0. The molecule has 1 rings (SSSR count). The van der Waals surface area contributed by atoms with E-state index >= 15 is 0 Å². The van der Waals surface area contributed by atoms with Crippen molar-refractivity contribution in [3.05, 3.63) is 26.6 Å². The van der Waals surface area contributed by atoms with Gasteiger partial charge in [0.05, 0.1) is 16.1 Å². The van der Waals surface area contributed by atoms with Crippen LogP contribution < -0.4 is 10.2 Å². The lowest BCUT2D eigenvalue weighted by Gasteiger charge is -2.08. The van der Waals surface area contributed by atoms with Crippen LogP contribution in [0.4, 0.5) is 0 Å². The molecule has 0 aliphatic rings. The lowest BCUT2D eigenvalue weighted by Crippen LogP contribution is -2.06. The number of hydrogen-bond donors (Lipinski definition) is 2. The zero-order valence-electron chi connectivity index (χ0n) is 6.97. The van der Waals surface area contributed by atoms with Gasteiger partial charge in [-0.1, -0.05) is 0 Å². The summed E-state index contributed by atoms with van der Waals surface area (Å²) >= 11 is 6.73. The fourth-order valence-electron chi connectivity index (χ4n) is 1.00. The van der Waals surface area contributed by atoms with Gasteiger partial charge in [0.1, 0.15) is 5.75 Å². The first-order valence-electron chi connectivity index (χ1n) is 3.58. The van der Waals surface area contributed by atoms with E-state index in [1.165, 1.54) is 0 Å². The van der Waals surface area contributed by atoms with Crippen LogP contribution in [-0.4, -0.2) is 12.3 Å². The number of benzene rings is 1. The maximum absolute atomic E-state index is 8.52. The van der Waals surface area contributed by atoms with E-state index in [0.29, 0.717) is 6.54 Å². The fourth-order valence-corrected chi connectivity index (χ4v) is 2.61. The first-order chi connectivity index (χ1) is 6.19. The molecule has 0 aromatic heterocycles. The van der Waals surface area contributed by atoms with Gasteiger partial charge < -0.3 is 9.94 Å². The van der Waals surface area contributed by atoms with Gasteiger partial charge in [0, 0.05) is 6.54 Å². The molecule has 0 aliphatic carbocycles. The van der Waals surface area contributed by atoms with Crippen LogP contribution in [0.15, 0.2) is 21.1 Å². The Labute approximate surface area is 93.3 Å². The van der Waals surface area contributed by atoms with E-state index < -0.39 is 0 Å². The summed E-state index contributed by atoms with van der Waals surface area (Å²) in [5.74, 6) is 0.752. The van der Waals surface area contributed by atoms with Crippen LogP contribution in [0.25, 0.3) is 0 Å². The molecule has 3 nitrogen and oxygen atoms in total. The van der Waals surface area contributed by atoms with Gasteiger partial charge in [-0.15, -0.1) is 0 Å². The molecule has 0 bridgehead atoms. The smallest absolute Gasteiger partial charge is 0.147 e. The number of hydroxylamine groups is 1. The summed E-state index contributed by atoms with van der Waals surface area (Å²) in [7, 11) is 1.61. The molecule has 0 aliphatic heterocycles. The summed E-state index contributed by atoms with van der Waals surface area (Å²) in [5, 5.41) is 8.52. The molecule has 0 saturated heterocycles. The minimum Gasteiger partial charge on any atom is -0.494 e. The van der Waals surface area contributed by atoms with Gasteiger partial charge in [0.15, 0.2) is 0 Å². The average Bonchev–Trinajstić information content (AvgIpc) is 2.04. The highest BCUT2D eigenvalue weighted by Gasteiger charge is 2.06. The van der Waals surface area contributed by atoms with E-state index in [2.05, 4.69) is 37.3 Å². The largest absolute Gasteiger partial charge is 0.494 e. The third-order valence-corrected chi connectivity index (χ3v) is 2.72. The summed E-state index contributed by atoms with van der Waals surface area (Å²) < 4.78 is 6.84. The van der Waals surface area contributed by atoms with E-state index in [9.17, 15) is 0 Å². The first-order valence-corrected chi connectivity index (χ1v) is 5.16. The van der Waals surface area contributed by atoms with Crippen LogP contribution >= 0.6 is 31.9 Å². The van der Waals surface area contributed by atoms with Gasteiger partial charge in [0.25, 0.3) is 0 Å². The second kappa shape index (κ2) is 4.95. The molecule has 0 saturated carbocycles. The predicted molar refractivity (Wildman–Crippen MR) is 57.0 cm³/mol. The number of rotatable bonds is 3. The average molecular weight is 311 g/mol. The van der Waals surface area contributed by atoms with Gasteiger partial charge in [0.2, 0.25) is 0 Å². The second-order valence-corrected chi connectivity index (χ2v) is 4.14. The number of halogens is 2. The molecule has 0 spiro atoms. The molecule has 2 N–H and O–H groups in total. The predicted octanol–water partition coefficient (Wildman–Crippen LogP) is 2.70. The van der Waals surface area contributed by atoms with E-state index in [1.54, 1.807) is 7.11 Å². The molecule has 72 valence electrons. The standard InChI is InChI=1S/C8H9Br2NO2/c1-13-8-6(9)2-5(4-11-12)3-7(8)10/h2-3,11-12H,4H2,1H3. The Bertz CT molecular complexity index is 281. The minimum atomic E-state index is 0.404. The monoisotopic (exact) mass is 309 g/mol. The molecule has 0 fully saturated rings. The van der Waals surface area contributed by atoms with Crippen molar-refractivity contribution in [2.24, 2.45) is 0 Å². The normalized spacial score (nSPS) is 10.2. The quantitative estimate of drug-likeness (QED) is 0.844. The second-order valence-electron chi connectivity index (χ2n) is 2.43. The minimum absolute atomic E-state index is 0.404. The Morgan fingerprint density at radius 1 is 1.38 bits per heavy atom. The summed E-state index contributed by atoms with van der Waals surface area (Å²) in [6.45, 7) is 0.404. The number of methoxy groups -OCH3 is 1. The summed E-state index contributed by atoms with van der Waals surface area (Å²) in [6.07, 6.45) is 0. The van der Waals surface area contributed by atoms with Gasteiger partial charge in [-0.25, -0.2) is 5.48 Å². The van der Waals surface area contributed by atoms with Crippen molar-refractivity contribution in [1.82, 2.24) is 5.48 Å². The van der Waals surface area contributed by atoms with Gasteiger partial charge in [-0.05, 0) is 49.6 Å². The molecule has 0 heterocycles. The van der Waals surface area contributed by atoms with Gasteiger partial charge in [-0.2, -0.15) is 0 Å². The van der Waals surface area contributed by atoms with Crippen LogP contribution in [0.1, 0.15) is 5.56 Å². The van der Waals surface area contributed by atoms with Crippen LogP contribution in [0.2, 0.25) is 0 Å². The third-order valence-electron chi connectivity index (χ3n) is 1.55. The van der Waals surface area contributed by atoms with E-state index in [-0.39, 0.29) is 0 Å². The summed E-state index contributed by atoms with van der Waals surface area (Å²) in [6, 6.07) is 3.76. The van der Waals surface area contributed by atoms with Crippen LogP contribution in [-0.2, 0) is 6.54 Å². The van der Waals surface area contributed by atoms with Crippen molar-refractivity contribution >= 4 is 31.9 Å². The van der Waals surface area contributed by atoms with Crippen molar-refractivity contribution < 1.29 is 9.94 Å². The van der Waals surface area contributed by atoms with Crippen molar-refractivity contribution in [3.8, 4) is 5.75 Å². The van der Waals surface area contributed by atoms with Crippen molar-refractivity contribution in [2.75, 3.05) is 7.11 Å². The highest BCUT2D eigenvalue weighted by Crippen LogP contribution is 2.34. The molecule has 0 radical (unpaired) electrons. The fraction of sp³-hybridized carbons (Fsp3) is 0.250. The van der Waals surface area contributed by atoms with E-state index in [4.69, 9.17) is 9.94 Å². The third kappa shape index (κ3) is 2.67. The zero-order chi connectivity index (χ0) is 9.84.